The Morgan fingerprint density at radius 3 is 2.50 bits per heavy atom. The van der Waals surface area contributed by atoms with Crippen LogP contribution in [-0.2, 0) is 5.41 Å². The van der Waals surface area contributed by atoms with E-state index in [1.165, 1.54) is 43.5 Å². The SMILES string of the molecule is Cc1cc(C(C)(C)C)ccc1OCCC1CCNCC1. The maximum atomic E-state index is 5.99. The lowest BCUT2D eigenvalue weighted by molar-refractivity contribution is 0.250. The van der Waals surface area contributed by atoms with Gasteiger partial charge < -0.3 is 10.1 Å². The van der Waals surface area contributed by atoms with E-state index in [0.29, 0.717) is 0 Å². The molecule has 0 spiro atoms. The normalized spacial score (nSPS) is 17.2. The molecule has 1 heterocycles. The van der Waals surface area contributed by atoms with Crippen LogP contribution in [0, 0.1) is 12.8 Å². The van der Waals surface area contributed by atoms with Crippen LogP contribution in [-0.4, -0.2) is 19.7 Å². The number of piperidine rings is 1. The van der Waals surface area contributed by atoms with Crippen molar-refractivity contribution in [2.45, 2.75) is 52.4 Å². The highest BCUT2D eigenvalue weighted by atomic mass is 16.5. The average molecular weight is 275 g/mol. The fourth-order valence-corrected chi connectivity index (χ4v) is 2.78. The zero-order valence-electron chi connectivity index (χ0n) is 13.5. The quantitative estimate of drug-likeness (QED) is 0.894. The third-order valence-corrected chi connectivity index (χ3v) is 4.28. The van der Waals surface area contributed by atoms with Crippen LogP contribution in [0.2, 0.25) is 0 Å². The van der Waals surface area contributed by atoms with Crippen molar-refractivity contribution in [3.8, 4) is 5.75 Å². The van der Waals surface area contributed by atoms with E-state index in [-0.39, 0.29) is 5.41 Å². The Morgan fingerprint density at radius 1 is 1.20 bits per heavy atom. The molecule has 0 aliphatic carbocycles. The molecule has 0 aromatic heterocycles. The number of ether oxygens (including phenoxy) is 1. The summed E-state index contributed by atoms with van der Waals surface area (Å²) in [5, 5.41) is 3.41. The summed E-state index contributed by atoms with van der Waals surface area (Å²) < 4.78 is 5.99. The van der Waals surface area contributed by atoms with E-state index in [1.54, 1.807) is 0 Å². The van der Waals surface area contributed by atoms with Gasteiger partial charge >= 0.3 is 0 Å². The topological polar surface area (TPSA) is 21.3 Å². The largest absolute Gasteiger partial charge is 0.493 e. The molecule has 0 radical (unpaired) electrons. The van der Waals surface area contributed by atoms with E-state index in [9.17, 15) is 0 Å². The number of nitrogens with one attached hydrogen (secondary N) is 1. The van der Waals surface area contributed by atoms with Gasteiger partial charge in [0, 0.05) is 0 Å². The summed E-state index contributed by atoms with van der Waals surface area (Å²) in [6.45, 7) is 12.1. The first kappa shape index (κ1) is 15.4. The third kappa shape index (κ3) is 4.24. The van der Waals surface area contributed by atoms with E-state index >= 15 is 0 Å². The van der Waals surface area contributed by atoms with Crippen LogP contribution in [0.1, 0.15) is 51.2 Å². The van der Waals surface area contributed by atoms with Gasteiger partial charge in [-0.25, -0.2) is 0 Å². The lowest BCUT2D eigenvalue weighted by Gasteiger charge is -2.23. The Balaban J connectivity index is 1.86. The molecule has 0 atom stereocenters. The summed E-state index contributed by atoms with van der Waals surface area (Å²) in [6, 6.07) is 6.60. The second-order valence-corrected chi connectivity index (χ2v) is 7.06. The number of rotatable bonds is 4. The van der Waals surface area contributed by atoms with Crippen LogP contribution in [0.5, 0.6) is 5.75 Å². The summed E-state index contributed by atoms with van der Waals surface area (Å²) in [7, 11) is 0. The predicted octanol–water partition coefficient (Wildman–Crippen LogP) is 4.06. The standard InChI is InChI=1S/C18H29NO/c1-14-13-16(18(2,3)4)5-6-17(14)20-12-9-15-7-10-19-11-8-15/h5-6,13,15,19H,7-12H2,1-4H3. The fraction of sp³-hybridized carbons (Fsp3) is 0.667. The van der Waals surface area contributed by atoms with Crippen molar-refractivity contribution in [2.24, 2.45) is 5.92 Å². The smallest absolute Gasteiger partial charge is 0.122 e. The first-order chi connectivity index (χ1) is 9.47. The molecular weight excluding hydrogens is 246 g/mol. The highest BCUT2D eigenvalue weighted by Crippen LogP contribution is 2.28. The van der Waals surface area contributed by atoms with Crippen molar-refractivity contribution in [1.29, 1.82) is 0 Å². The highest BCUT2D eigenvalue weighted by molar-refractivity contribution is 5.38. The van der Waals surface area contributed by atoms with Gasteiger partial charge in [-0.2, -0.15) is 0 Å². The van der Waals surface area contributed by atoms with Crippen molar-refractivity contribution < 1.29 is 4.74 Å². The van der Waals surface area contributed by atoms with Crippen molar-refractivity contribution in [1.82, 2.24) is 5.32 Å². The van der Waals surface area contributed by atoms with E-state index in [2.05, 4.69) is 51.2 Å². The summed E-state index contributed by atoms with van der Waals surface area (Å²) in [5.74, 6) is 1.89. The minimum absolute atomic E-state index is 0.207. The molecule has 1 N–H and O–H groups in total. The van der Waals surface area contributed by atoms with E-state index < -0.39 is 0 Å². The number of hydrogen-bond acceptors (Lipinski definition) is 2. The van der Waals surface area contributed by atoms with Gasteiger partial charge in [0.25, 0.3) is 0 Å². The van der Waals surface area contributed by atoms with Crippen LogP contribution in [0.3, 0.4) is 0 Å². The maximum Gasteiger partial charge on any atom is 0.122 e. The summed E-state index contributed by atoms with van der Waals surface area (Å²) in [6.07, 6.45) is 3.78. The Kier molecular flexibility index (Phi) is 5.09. The van der Waals surface area contributed by atoms with Crippen molar-refractivity contribution in [2.75, 3.05) is 19.7 Å². The van der Waals surface area contributed by atoms with Crippen LogP contribution < -0.4 is 10.1 Å². The lowest BCUT2D eigenvalue weighted by Crippen LogP contribution is -2.28. The van der Waals surface area contributed by atoms with Gasteiger partial charge in [-0.05, 0) is 67.8 Å². The summed E-state index contributed by atoms with van der Waals surface area (Å²) in [5.41, 5.74) is 2.83. The molecule has 2 rings (SSSR count). The molecule has 1 saturated heterocycles. The molecule has 20 heavy (non-hydrogen) atoms. The zero-order chi connectivity index (χ0) is 14.6. The molecule has 1 aliphatic heterocycles. The third-order valence-electron chi connectivity index (χ3n) is 4.28. The molecule has 0 amide bonds. The molecule has 1 aromatic rings. The molecule has 2 heteroatoms. The van der Waals surface area contributed by atoms with Crippen LogP contribution >= 0.6 is 0 Å². The van der Waals surface area contributed by atoms with E-state index in [1.807, 2.05) is 0 Å². The summed E-state index contributed by atoms with van der Waals surface area (Å²) >= 11 is 0. The Morgan fingerprint density at radius 2 is 1.90 bits per heavy atom. The van der Waals surface area contributed by atoms with E-state index in [4.69, 9.17) is 4.74 Å². The summed E-state index contributed by atoms with van der Waals surface area (Å²) in [4.78, 5) is 0. The number of aryl methyl sites for hydroxylation is 1. The molecule has 1 fully saturated rings. The van der Waals surface area contributed by atoms with Crippen molar-refractivity contribution in [3.63, 3.8) is 0 Å². The van der Waals surface area contributed by atoms with Gasteiger partial charge in [0.2, 0.25) is 0 Å². The second-order valence-electron chi connectivity index (χ2n) is 7.06. The molecule has 0 unspecified atom stereocenters. The predicted molar refractivity (Wildman–Crippen MR) is 85.6 cm³/mol. The molecule has 2 nitrogen and oxygen atoms in total. The molecule has 1 aromatic carbocycles. The molecule has 112 valence electrons. The maximum absolute atomic E-state index is 5.99. The minimum atomic E-state index is 0.207. The van der Waals surface area contributed by atoms with Gasteiger partial charge in [-0.15, -0.1) is 0 Å². The van der Waals surface area contributed by atoms with Crippen LogP contribution in [0.15, 0.2) is 18.2 Å². The molecule has 1 aliphatic rings. The van der Waals surface area contributed by atoms with Crippen LogP contribution in [0.25, 0.3) is 0 Å². The van der Waals surface area contributed by atoms with Crippen molar-refractivity contribution in [3.05, 3.63) is 29.3 Å². The minimum Gasteiger partial charge on any atom is -0.493 e. The molecule has 0 bridgehead atoms. The van der Waals surface area contributed by atoms with Gasteiger partial charge in [0.05, 0.1) is 6.61 Å². The van der Waals surface area contributed by atoms with Crippen molar-refractivity contribution >= 4 is 0 Å². The molecular formula is C18H29NO. The van der Waals surface area contributed by atoms with Gasteiger partial charge in [-0.3, -0.25) is 0 Å². The fourth-order valence-electron chi connectivity index (χ4n) is 2.78. The Labute approximate surface area is 123 Å². The first-order valence-corrected chi connectivity index (χ1v) is 7.91. The first-order valence-electron chi connectivity index (χ1n) is 7.91. The number of hydrogen-bond donors (Lipinski definition) is 1. The molecule has 0 saturated carbocycles. The highest BCUT2D eigenvalue weighted by Gasteiger charge is 2.15. The van der Waals surface area contributed by atoms with E-state index in [0.717, 1.165) is 18.3 Å². The zero-order valence-corrected chi connectivity index (χ0v) is 13.5. The van der Waals surface area contributed by atoms with Gasteiger partial charge in [-0.1, -0.05) is 32.9 Å². The van der Waals surface area contributed by atoms with Gasteiger partial charge in [0.15, 0.2) is 0 Å². The number of benzene rings is 1. The Bertz CT molecular complexity index is 428. The average Bonchev–Trinajstić information content (AvgIpc) is 2.40. The second kappa shape index (κ2) is 6.62. The van der Waals surface area contributed by atoms with Crippen LogP contribution in [0.4, 0.5) is 0 Å². The lowest BCUT2D eigenvalue weighted by atomic mass is 9.86. The monoisotopic (exact) mass is 275 g/mol. The van der Waals surface area contributed by atoms with Gasteiger partial charge in [0.1, 0.15) is 5.75 Å². The Hall–Kier alpha value is -1.02.